The van der Waals surface area contributed by atoms with Crippen LogP contribution < -0.4 is 0 Å². The minimum Gasteiger partial charge on any atom is -0.466 e. The zero-order chi connectivity index (χ0) is 12.7. The maximum atomic E-state index is 11.4. The van der Waals surface area contributed by atoms with Crippen LogP contribution in [0.2, 0.25) is 0 Å². The number of hydrogen-bond donors (Lipinski definition) is 0. The lowest BCUT2D eigenvalue weighted by Gasteiger charge is -2.02. The molecule has 1 rings (SSSR count). The van der Waals surface area contributed by atoms with Crippen molar-refractivity contribution in [2.75, 3.05) is 7.11 Å². The van der Waals surface area contributed by atoms with Gasteiger partial charge in [-0.05, 0) is 36.1 Å². The fourth-order valence-corrected chi connectivity index (χ4v) is 2.15. The average Bonchev–Trinajstić information content (AvgIpc) is 2.35. The number of allylic oxidation sites excluding steroid dienone is 1. The van der Waals surface area contributed by atoms with Crippen LogP contribution in [0.25, 0.3) is 0 Å². The number of ether oxygens (including phenoxy) is 1. The molecule has 1 aromatic carbocycles. The minimum atomic E-state index is -0.311. The highest BCUT2D eigenvalue weighted by molar-refractivity contribution is 9.10. The predicted octanol–water partition coefficient (Wildman–Crippen LogP) is 4.17. The van der Waals surface area contributed by atoms with Gasteiger partial charge in [-0.25, -0.2) is 4.79 Å². The Balaban J connectivity index is 2.74. The molecular weight excluding hydrogens is 300 g/mol. The van der Waals surface area contributed by atoms with Gasteiger partial charge in [0.05, 0.1) is 7.11 Å². The monoisotopic (exact) mass is 312 g/mol. The fraction of sp³-hybridized carbons (Fsp3) is 0.154. The first kappa shape index (κ1) is 14.1. The van der Waals surface area contributed by atoms with Crippen molar-refractivity contribution in [3.8, 4) is 0 Å². The highest BCUT2D eigenvalue weighted by Crippen LogP contribution is 2.24. The summed E-state index contributed by atoms with van der Waals surface area (Å²) in [5, 5.41) is 1.80. The Morgan fingerprint density at radius 2 is 2.12 bits per heavy atom. The number of rotatable bonds is 5. The van der Waals surface area contributed by atoms with Crippen molar-refractivity contribution in [3.05, 3.63) is 52.4 Å². The molecule has 0 saturated heterocycles. The Bertz CT molecular complexity index is 424. The van der Waals surface area contributed by atoms with Gasteiger partial charge in [-0.2, -0.15) is 0 Å². The van der Waals surface area contributed by atoms with E-state index in [1.807, 2.05) is 24.3 Å². The van der Waals surface area contributed by atoms with Crippen molar-refractivity contribution in [1.82, 2.24) is 0 Å². The molecule has 0 atom stereocenters. The molecule has 0 aromatic heterocycles. The summed E-state index contributed by atoms with van der Waals surface area (Å²) in [6.07, 6.45) is 2.20. The Morgan fingerprint density at radius 1 is 1.47 bits per heavy atom. The Morgan fingerprint density at radius 3 is 2.65 bits per heavy atom. The molecule has 1 aromatic rings. The van der Waals surface area contributed by atoms with Gasteiger partial charge >= 0.3 is 5.97 Å². The van der Waals surface area contributed by atoms with E-state index in [2.05, 4.69) is 22.5 Å². The van der Waals surface area contributed by atoms with E-state index in [1.54, 1.807) is 11.5 Å². The smallest absolute Gasteiger partial charge is 0.334 e. The third-order valence-electron chi connectivity index (χ3n) is 1.96. The Labute approximate surface area is 114 Å². The SMILES string of the molecule is C=CC/C(=C/Sc1ccc(Br)cc1)C(=O)OC. The second-order valence-electron chi connectivity index (χ2n) is 3.20. The standard InChI is InChI=1S/C13H13BrO2S/c1-3-4-10(13(15)16-2)9-17-12-7-5-11(14)6-8-12/h3,5-9H,1,4H2,2H3/b10-9-. The normalized spacial score (nSPS) is 11.1. The predicted molar refractivity (Wildman–Crippen MR) is 74.9 cm³/mol. The van der Waals surface area contributed by atoms with Crippen molar-refractivity contribution in [1.29, 1.82) is 0 Å². The maximum Gasteiger partial charge on any atom is 0.334 e. The van der Waals surface area contributed by atoms with Crippen LogP contribution in [0, 0.1) is 0 Å². The maximum absolute atomic E-state index is 11.4. The van der Waals surface area contributed by atoms with Gasteiger partial charge in [0.15, 0.2) is 0 Å². The van der Waals surface area contributed by atoms with Gasteiger partial charge in [0.1, 0.15) is 0 Å². The first-order chi connectivity index (χ1) is 8.17. The molecule has 17 heavy (non-hydrogen) atoms. The van der Waals surface area contributed by atoms with Crippen LogP contribution in [-0.4, -0.2) is 13.1 Å². The van der Waals surface area contributed by atoms with Crippen LogP contribution in [0.4, 0.5) is 0 Å². The molecule has 0 bridgehead atoms. The summed E-state index contributed by atoms with van der Waals surface area (Å²) in [6, 6.07) is 7.88. The molecule has 0 amide bonds. The van der Waals surface area contributed by atoms with Crippen molar-refractivity contribution in [3.63, 3.8) is 0 Å². The van der Waals surface area contributed by atoms with Crippen LogP contribution in [0.3, 0.4) is 0 Å². The molecule has 90 valence electrons. The summed E-state index contributed by atoms with van der Waals surface area (Å²) in [4.78, 5) is 12.5. The second-order valence-corrected chi connectivity index (χ2v) is 5.06. The van der Waals surface area contributed by atoms with E-state index in [1.165, 1.54) is 18.9 Å². The summed E-state index contributed by atoms with van der Waals surface area (Å²) < 4.78 is 5.73. The van der Waals surface area contributed by atoms with E-state index in [-0.39, 0.29) is 5.97 Å². The zero-order valence-corrected chi connectivity index (χ0v) is 11.9. The lowest BCUT2D eigenvalue weighted by Crippen LogP contribution is -2.03. The first-order valence-corrected chi connectivity index (χ1v) is 6.65. The molecule has 0 radical (unpaired) electrons. The van der Waals surface area contributed by atoms with Gasteiger partial charge in [-0.3, -0.25) is 0 Å². The van der Waals surface area contributed by atoms with E-state index < -0.39 is 0 Å². The Hall–Kier alpha value is -1.00. The summed E-state index contributed by atoms with van der Waals surface area (Å²) in [7, 11) is 1.38. The van der Waals surface area contributed by atoms with Crippen LogP contribution in [0.15, 0.2) is 57.3 Å². The summed E-state index contributed by atoms with van der Waals surface area (Å²) in [5.74, 6) is -0.311. The zero-order valence-electron chi connectivity index (χ0n) is 9.48. The number of benzene rings is 1. The highest BCUT2D eigenvalue weighted by atomic mass is 79.9. The quantitative estimate of drug-likeness (QED) is 0.353. The van der Waals surface area contributed by atoms with Crippen LogP contribution in [0.5, 0.6) is 0 Å². The van der Waals surface area contributed by atoms with Gasteiger partial charge in [0.2, 0.25) is 0 Å². The highest BCUT2D eigenvalue weighted by Gasteiger charge is 2.07. The average molecular weight is 313 g/mol. The topological polar surface area (TPSA) is 26.3 Å². The van der Waals surface area contributed by atoms with Gasteiger partial charge in [0.25, 0.3) is 0 Å². The number of carbonyl (C=O) groups is 1. The number of thioether (sulfide) groups is 1. The molecule has 2 nitrogen and oxygen atoms in total. The van der Waals surface area contributed by atoms with E-state index in [4.69, 9.17) is 4.74 Å². The second kappa shape index (κ2) is 7.35. The van der Waals surface area contributed by atoms with Gasteiger partial charge < -0.3 is 4.74 Å². The molecule has 4 heteroatoms. The summed E-state index contributed by atoms with van der Waals surface area (Å²) in [5.41, 5.74) is 0.607. The van der Waals surface area contributed by atoms with Crippen molar-refractivity contribution < 1.29 is 9.53 Å². The number of esters is 1. The van der Waals surface area contributed by atoms with Crippen LogP contribution >= 0.6 is 27.7 Å². The summed E-state index contributed by atoms with van der Waals surface area (Å²) in [6.45, 7) is 3.62. The van der Waals surface area contributed by atoms with E-state index >= 15 is 0 Å². The van der Waals surface area contributed by atoms with Gasteiger partial charge in [-0.1, -0.05) is 33.8 Å². The first-order valence-electron chi connectivity index (χ1n) is 4.98. The number of hydrogen-bond acceptors (Lipinski definition) is 3. The van der Waals surface area contributed by atoms with E-state index in [0.29, 0.717) is 12.0 Å². The molecule has 0 aliphatic rings. The van der Waals surface area contributed by atoms with Crippen LogP contribution in [0.1, 0.15) is 6.42 Å². The lowest BCUT2D eigenvalue weighted by atomic mass is 10.2. The molecule has 0 unspecified atom stereocenters. The molecule has 0 spiro atoms. The Kier molecular flexibility index (Phi) is 6.08. The van der Waals surface area contributed by atoms with E-state index in [0.717, 1.165) is 9.37 Å². The van der Waals surface area contributed by atoms with Crippen molar-refractivity contribution in [2.45, 2.75) is 11.3 Å². The third kappa shape index (κ3) is 4.79. The largest absolute Gasteiger partial charge is 0.466 e. The number of halogens is 1. The molecule has 0 saturated carbocycles. The van der Waals surface area contributed by atoms with Crippen molar-refractivity contribution in [2.24, 2.45) is 0 Å². The minimum absolute atomic E-state index is 0.311. The molecule has 0 N–H and O–H groups in total. The molecular formula is C13H13BrO2S. The summed E-state index contributed by atoms with van der Waals surface area (Å²) >= 11 is 4.86. The fourth-order valence-electron chi connectivity index (χ4n) is 1.12. The van der Waals surface area contributed by atoms with E-state index in [9.17, 15) is 4.79 Å². The van der Waals surface area contributed by atoms with Crippen LogP contribution in [-0.2, 0) is 9.53 Å². The lowest BCUT2D eigenvalue weighted by molar-refractivity contribution is -0.136. The molecule has 0 aliphatic carbocycles. The third-order valence-corrected chi connectivity index (χ3v) is 3.44. The number of carbonyl (C=O) groups excluding carboxylic acids is 1. The van der Waals surface area contributed by atoms with Gasteiger partial charge in [-0.15, -0.1) is 6.58 Å². The molecule has 0 heterocycles. The van der Waals surface area contributed by atoms with Gasteiger partial charge in [0, 0.05) is 14.9 Å². The molecule has 0 fully saturated rings. The van der Waals surface area contributed by atoms with Crippen molar-refractivity contribution >= 4 is 33.7 Å². The molecule has 0 aliphatic heterocycles. The number of methoxy groups -OCH3 is 1.